The Labute approximate surface area is 172 Å². The third-order valence-electron chi connectivity index (χ3n) is 6.11. The van der Waals surface area contributed by atoms with Crippen LogP contribution in [-0.4, -0.2) is 43.5 Å². The first-order chi connectivity index (χ1) is 14.1. The van der Waals surface area contributed by atoms with E-state index in [1.165, 1.54) is 12.8 Å². The minimum atomic E-state index is -0.232. The molecule has 2 unspecified atom stereocenters. The van der Waals surface area contributed by atoms with E-state index in [-0.39, 0.29) is 23.7 Å². The lowest BCUT2D eigenvalue weighted by Crippen LogP contribution is -2.36. The number of hydrogen-bond acceptors (Lipinski definition) is 3. The highest BCUT2D eigenvalue weighted by molar-refractivity contribution is 5.95. The van der Waals surface area contributed by atoms with Crippen LogP contribution in [-0.2, 0) is 4.79 Å². The highest BCUT2D eigenvalue weighted by Crippen LogP contribution is 2.36. The Morgan fingerprint density at radius 1 is 1.10 bits per heavy atom. The number of ether oxygens (including phenoxy) is 1. The molecule has 2 atom stereocenters. The minimum absolute atomic E-state index is 0.00459. The Morgan fingerprint density at radius 3 is 2.62 bits per heavy atom. The predicted molar refractivity (Wildman–Crippen MR) is 112 cm³/mol. The molecule has 0 radical (unpaired) electrons. The predicted octanol–water partition coefficient (Wildman–Crippen LogP) is 3.39. The zero-order valence-electron chi connectivity index (χ0n) is 17.1. The molecule has 152 valence electrons. The van der Waals surface area contributed by atoms with E-state index in [0.29, 0.717) is 30.3 Å². The number of amides is 2. The van der Waals surface area contributed by atoms with Crippen LogP contribution >= 0.6 is 0 Å². The van der Waals surface area contributed by atoms with Crippen LogP contribution in [0.2, 0.25) is 0 Å². The number of aryl methyl sites for hydroxylation is 1. The number of benzene rings is 2. The summed E-state index contributed by atoms with van der Waals surface area (Å²) in [6, 6.07) is 15.4. The number of likely N-dealkylation sites (tertiary alicyclic amines) is 1. The third kappa shape index (κ3) is 4.29. The van der Waals surface area contributed by atoms with Gasteiger partial charge >= 0.3 is 0 Å². The molecular formula is C24H28N2O3. The van der Waals surface area contributed by atoms with Gasteiger partial charge in [-0.3, -0.25) is 9.59 Å². The molecule has 0 spiro atoms. The van der Waals surface area contributed by atoms with Gasteiger partial charge in [0.15, 0.2) is 0 Å². The summed E-state index contributed by atoms with van der Waals surface area (Å²) in [6.07, 6.45) is 2.40. The lowest BCUT2D eigenvalue weighted by Gasteiger charge is -2.20. The zero-order valence-corrected chi connectivity index (χ0v) is 17.1. The van der Waals surface area contributed by atoms with Gasteiger partial charge in [0.2, 0.25) is 5.91 Å². The fraction of sp³-hybridized carbons (Fsp3) is 0.417. The molecule has 2 aliphatic rings. The Balaban J connectivity index is 1.57. The van der Waals surface area contributed by atoms with Crippen molar-refractivity contribution in [3.8, 4) is 5.75 Å². The van der Waals surface area contributed by atoms with Crippen LogP contribution < -0.4 is 10.1 Å². The highest BCUT2D eigenvalue weighted by Gasteiger charge is 2.41. The Bertz CT molecular complexity index is 907. The molecule has 4 rings (SSSR count). The molecule has 1 saturated carbocycles. The van der Waals surface area contributed by atoms with Crippen molar-refractivity contribution in [1.29, 1.82) is 0 Å². The van der Waals surface area contributed by atoms with Gasteiger partial charge in [-0.1, -0.05) is 30.3 Å². The second-order valence-corrected chi connectivity index (χ2v) is 8.20. The number of carbonyl (C=O) groups is 2. The van der Waals surface area contributed by atoms with E-state index < -0.39 is 0 Å². The number of methoxy groups -OCH3 is 1. The second kappa shape index (κ2) is 8.27. The van der Waals surface area contributed by atoms with Crippen LogP contribution in [0.1, 0.15) is 40.2 Å². The third-order valence-corrected chi connectivity index (χ3v) is 6.11. The first-order valence-corrected chi connectivity index (χ1v) is 10.3. The molecule has 5 nitrogen and oxygen atoms in total. The van der Waals surface area contributed by atoms with Gasteiger partial charge in [0.05, 0.1) is 13.0 Å². The van der Waals surface area contributed by atoms with Gasteiger partial charge in [-0.05, 0) is 55.0 Å². The molecule has 1 heterocycles. The number of rotatable bonds is 6. The molecule has 1 N–H and O–H groups in total. The molecular weight excluding hydrogens is 364 g/mol. The number of nitrogens with one attached hydrogen (secondary N) is 1. The smallest absolute Gasteiger partial charge is 0.254 e. The molecule has 2 fully saturated rings. The molecule has 1 aliphatic heterocycles. The van der Waals surface area contributed by atoms with Gasteiger partial charge in [-0.25, -0.2) is 0 Å². The zero-order chi connectivity index (χ0) is 20.4. The number of carbonyl (C=O) groups excluding carboxylic acids is 2. The molecule has 0 bridgehead atoms. The van der Waals surface area contributed by atoms with Crippen molar-refractivity contribution in [2.24, 2.45) is 11.8 Å². The molecule has 29 heavy (non-hydrogen) atoms. The quantitative estimate of drug-likeness (QED) is 0.820. The van der Waals surface area contributed by atoms with E-state index in [1.807, 2.05) is 29.2 Å². The van der Waals surface area contributed by atoms with Gasteiger partial charge in [0.1, 0.15) is 5.75 Å². The summed E-state index contributed by atoms with van der Waals surface area (Å²) in [4.78, 5) is 28.0. The Kier molecular flexibility index (Phi) is 5.56. The lowest BCUT2D eigenvalue weighted by molar-refractivity contribution is -0.125. The second-order valence-electron chi connectivity index (χ2n) is 8.20. The van der Waals surface area contributed by atoms with Crippen LogP contribution in [0.25, 0.3) is 0 Å². The van der Waals surface area contributed by atoms with Gasteiger partial charge in [-0.2, -0.15) is 0 Å². The highest BCUT2D eigenvalue weighted by atomic mass is 16.5. The maximum absolute atomic E-state index is 13.2. The van der Waals surface area contributed by atoms with Crippen molar-refractivity contribution in [1.82, 2.24) is 10.2 Å². The standard InChI is InChI=1S/C24H28N2O3/c1-16-6-3-4-9-20(16)21-14-26(15-22(21)23(27)25-13-17-10-11-17)24(28)18-7-5-8-19(12-18)29-2/h3-9,12,17,21-22H,10-11,13-15H2,1-2H3,(H,25,27). The fourth-order valence-corrected chi connectivity index (χ4v) is 4.19. The number of hydrogen-bond donors (Lipinski definition) is 1. The fourth-order valence-electron chi connectivity index (χ4n) is 4.19. The average Bonchev–Trinajstić information content (AvgIpc) is 3.48. The van der Waals surface area contributed by atoms with Crippen LogP contribution in [0.5, 0.6) is 5.75 Å². The van der Waals surface area contributed by atoms with Gasteiger partial charge < -0.3 is 15.0 Å². The largest absolute Gasteiger partial charge is 0.497 e. The van der Waals surface area contributed by atoms with Crippen molar-refractivity contribution < 1.29 is 14.3 Å². The summed E-state index contributed by atoms with van der Waals surface area (Å²) in [5.41, 5.74) is 2.90. The van der Waals surface area contributed by atoms with E-state index in [4.69, 9.17) is 4.74 Å². The summed E-state index contributed by atoms with van der Waals surface area (Å²) in [7, 11) is 1.59. The van der Waals surface area contributed by atoms with E-state index in [1.54, 1.807) is 19.2 Å². The summed E-state index contributed by atoms with van der Waals surface area (Å²) < 4.78 is 5.26. The Morgan fingerprint density at radius 2 is 1.90 bits per heavy atom. The molecule has 2 aromatic carbocycles. The van der Waals surface area contributed by atoms with Crippen molar-refractivity contribution in [3.05, 3.63) is 65.2 Å². The lowest BCUT2D eigenvalue weighted by atomic mass is 9.86. The first kappa shape index (κ1) is 19.5. The normalized spacial score (nSPS) is 21.1. The van der Waals surface area contributed by atoms with E-state index in [9.17, 15) is 9.59 Å². The average molecular weight is 392 g/mol. The summed E-state index contributed by atoms with van der Waals surface area (Å²) in [5, 5.41) is 3.13. The van der Waals surface area contributed by atoms with Crippen LogP contribution in [0, 0.1) is 18.8 Å². The van der Waals surface area contributed by atoms with Gasteiger partial charge in [0.25, 0.3) is 5.91 Å². The number of nitrogens with zero attached hydrogens (tertiary/aromatic N) is 1. The van der Waals surface area contributed by atoms with Crippen LogP contribution in [0.15, 0.2) is 48.5 Å². The van der Waals surface area contributed by atoms with Crippen molar-refractivity contribution >= 4 is 11.8 Å². The summed E-state index contributed by atoms with van der Waals surface area (Å²) in [5.74, 6) is 1.07. The summed E-state index contributed by atoms with van der Waals surface area (Å²) in [6.45, 7) is 3.80. The maximum atomic E-state index is 13.2. The molecule has 5 heteroatoms. The monoisotopic (exact) mass is 392 g/mol. The Hall–Kier alpha value is -2.82. The molecule has 1 saturated heterocycles. The van der Waals surface area contributed by atoms with E-state index in [0.717, 1.165) is 17.7 Å². The first-order valence-electron chi connectivity index (χ1n) is 10.3. The van der Waals surface area contributed by atoms with Crippen LogP contribution in [0.3, 0.4) is 0 Å². The summed E-state index contributed by atoms with van der Waals surface area (Å²) >= 11 is 0. The van der Waals surface area contributed by atoms with Gasteiger partial charge in [-0.15, -0.1) is 0 Å². The van der Waals surface area contributed by atoms with Crippen molar-refractivity contribution in [2.45, 2.75) is 25.7 Å². The van der Waals surface area contributed by atoms with Crippen LogP contribution in [0.4, 0.5) is 0 Å². The molecule has 2 amide bonds. The maximum Gasteiger partial charge on any atom is 0.254 e. The van der Waals surface area contributed by atoms with Crippen molar-refractivity contribution in [2.75, 3.05) is 26.7 Å². The molecule has 0 aromatic heterocycles. The molecule has 1 aliphatic carbocycles. The van der Waals surface area contributed by atoms with E-state index >= 15 is 0 Å². The van der Waals surface area contributed by atoms with E-state index in [2.05, 4.69) is 24.4 Å². The van der Waals surface area contributed by atoms with Gasteiger partial charge in [0, 0.05) is 31.1 Å². The van der Waals surface area contributed by atoms with Crippen molar-refractivity contribution in [3.63, 3.8) is 0 Å². The SMILES string of the molecule is COc1cccc(C(=O)N2CC(C(=O)NCC3CC3)C(c3ccccc3C)C2)c1. The minimum Gasteiger partial charge on any atom is -0.497 e. The topological polar surface area (TPSA) is 58.6 Å². The molecule has 2 aromatic rings.